The molecular weight excluding hydrogens is 374 g/mol. The maximum absolute atomic E-state index is 13.5. The second-order valence-corrected chi connectivity index (χ2v) is 7.95. The minimum absolute atomic E-state index is 0.0117. The van der Waals surface area contributed by atoms with E-state index in [1.807, 2.05) is 20.8 Å². The van der Waals surface area contributed by atoms with Crippen molar-refractivity contribution in [2.45, 2.75) is 39.2 Å². The molecule has 2 rings (SSSR count). The summed E-state index contributed by atoms with van der Waals surface area (Å²) in [6.45, 7) is 6.09. The molecule has 1 aromatic heterocycles. The van der Waals surface area contributed by atoms with Crippen LogP contribution in [0.3, 0.4) is 0 Å². The number of carbonyl (C=O) groups excluding carboxylic acids is 2. The van der Waals surface area contributed by atoms with Crippen LogP contribution in [0.1, 0.15) is 48.3 Å². The number of aromatic nitrogens is 1. The highest BCUT2D eigenvalue weighted by molar-refractivity contribution is 7.10. The Labute approximate surface area is 161 Å². The summed E-state index contributed by atoms with van der Waals surface area (Å²) in [7, 11) is 1.26. The molecule has 0 saturated carbocycles. The van der Waals surface area contributed by atoms with Gasteiger partial charge >= 0.3 is 5.97 Å². The highest BCUT2D eigenvalue weighted by atomic mass is 32.1. The van der Waals surface area contributed by atoms with Crippen molar-refractivity contribution in [1.82, 2.24) is 9.88 Å². The molecule has 2 aromatic rings. The number of amides is 1. The standard InChI is InChI=1S/C19H22F2N2O3S/c1-19(2,3)18-22-15(11-27-18)17(25)23(8-7-16(24)26-4)10-12-5-6-13(20)14(21)9-12/h5-6,9,11H,7-8,10H2,1-4H3. The Balaban J connectivity index is 2.24. The summed E-state index contributed by atoms with van der Waals surface area (Å²) < 4.78 is 31.3. The van der Waals surface area contributed by atoms with E-state index in [0.717, 1.165) is 17.1 Å². The minimum atomic E-state index is -0.989. The number of esters is 1. The summed E-state index contributed by atoms with van der Waals surface area (Å²) in [5.41, 5.74) is 0.482. The van der Waals surface area contributed by atoms with Crippen molar-refractivity contribution in [3.8, 4) is 0 Å². The first-order valence-electron chi connectivity index (χ1n) is 8.38. The average molecular weight is 396 g/mol. The molecule has 0 unspecified atom stereocenters. The van der Waals surface area contributed by atoms with Crippen molar-refractivity contribution in [3.05, 3.63) is 51.5 Å². The SMILES string of the molecule is COC(=O)CCN(Cc1ccc(F)c(F)c1)C(=O)c1csc(C(C)(C)C)n1. The van der Waals surface area contributed by atoms with E-state index in [0.29, 0.717) is 5.56 Å². The van der Waals surface area contributed by atoms with Gasteiger partial charge in [-0.2, -0.15) is 0 Å². The van der Waals surface area contributed by atoms with E-state index in [4.69, 9.17) is 0 Å². The van der Waals surface area contributed by atoms with Crippen molar-refractivity contribution >= 4 is 23.2 Å². The van der Waals surface area contributed by atoms with Crippen molar-refractivity contribution in [2.24, 2.45) is 0 Å². The molecule has 0 bridgehead atoms. The number of nitrogens with zero attached hydrogens (tertiary/aromatic N) is 2. The molecule has 0 saturated heterocycles. The monoisotopic (exact) mass is 396 g/mol. The van der Waals surface area contributed by atoms with Gasteiger partial charge < -0.3 is 9.64 Å². The minimum Gasteiger partial charge on any atom is -0.469 e. The second kappa shape index (κ2) is 8.56. The number of rotatable bonds is 6. The fraction of sp³-hybridized carbons (Fsp3) is 0.421. The lowest BCUT2D eigenvalue weighted by atomic mass is 9.98. The smallest absolute Gasteiger partial charge is 0.307 e. The zero-order valence-corrected chi connectivity index (χ0v) is 16.5. The lowest BCUT2D eigenvalue weighted by molar-refractivity contribution is -0.140. The largest absolute Gasteiger partial charge is 0.469 e. The van der Waals surface area contributed by atoms with Crippen LogP contribution in [-0.2, 0) is 21.5 Å². The first-order valence-corrected chi connectivity index (χ1v) is 9.26. The molecule has 1 amide bonds. The summed E-state index contributed by atoms with van der Waals surface area (Å²) in [5, 5.41) is 2.48. The fourth-order valence-corrected chi connectivity index (χ4v) is 3.20. The Bertz CT molecular complexity index is 831. The van der Waals surface area contributed by atoms with Crippen LogP contribution in [0.15, 0.2) is 23.6 Å². The third-order valence-electron chi connectivity index (χ3n) is 3.82. The Morgan fingerprint density at radius 3 is 2.48 bits per heavy atom. The first kappa shape index (κ1) is 21.0. The van der Waals surface area contributed by atoms with E-state index in [2.05, 4.69) is 9.72 Å². The molecule has 1 aromatic carbocycles. The number of methoxy groups -OCH3 is 1. The molecule has 0 N–H and O–H groups in total. The van der Waals surface area contributed by atoms with Gasteiger partial charge in [0, 0.05) is 23.9 Å². The highest BCUT2D eigenvalue weighted by Gasteiger charge is 2.24. The summed E-state index contributed by atoms with van der Waals surface area (Å²) in [5.74, 6) is -2.79. The number of carbonyl (C=O) groups is 2. The summed E-state index contributed by atoms with van der Waals surface area (Å²) in [6, 6.07) is 3.45. The maximum Gasteiger partial charge on any atom is 0.307 e. The predicted molar refractivity (Wildman–Crippen MR) is 98.5 cm³/mol. The van der Waals surface area contributed by atoms with Crippen LogP contribution in [0.5, 0.6) is 0 Å². The van der Waals surface area contributed by atoms with E-state index >= 15 is 0 Å². The molecule has 0 fully saturated rings. The van der Waals surface area contributed by atoms with E-state index in [9.17, 15) is 18.4 Å². The Kier molecular flexibility index (Phi) is 6.64. The summed E-state index contributed by atoms with van der Waals surface area (Å²) in [6.07, 6.45) is -0.0117. The third-order valence-corrected chi connectivity index (χ3v) is 5.09. The average Bonchev–Trinajstić information content (AvgIpc) is 3.11. The Morgan fingerprint density at radius 1 is 1.22 bits per heavy atom. The lowest BCUT2D eigenvalue weighted by Crippen LogP contribution is -2.33. The normalized spacial score (nSPS) is 11.3. The van der Waals surface area contributed by atoms with Gasteiger partial charge in [0.15, 0.2) is 11.6 Å². The third kappa shape index (κ3) is 5.56. The van der Waals surface area contributed by atoms with Gasteiger partial charge in [0.1, 0.15) is 5.69 Å². The molecule has 0 spiro atoms. The Morgan fingerprint density at radius 2 is 1.93 bits per heavy atom. The molecular formula is C19H22F2N2O3S. The van der Waals surface area contributed by atoms with Crippen LogP contribution in [0.25, 0.3) is 0 Å². The molecule has 0 radical (unpaired) electrons. The highest BCUT2D eigenvalue weighted by Crippen LogP contribution is 2.26. The number of hydrogen-bond donors (Lipinski definition) is 0. The van der Waals surface area contributed by atoms with Crippen molar-refractivity contribution in [1.29, 1.82) is 0 Å². The molecule has 0 aliphatic heterocycles. The predicted octanol–water partition coefficient (Wildman–Crippen LogP) is 3.92. The summed E-state index contributed by atoms with van der Waals surface area (Å²) >= 11 is 1.38. The molecule has 0 aliphatic carbocycles. The van der Waals surface area contributed by atoms with Crippen LogP contribution in [0.2, 0.25) is 0 Å². The molecule has 5 nitrogen and oxygen atoms in total. The zero-order valence-electron chi connectivity index (χ0n) is 15.7. The summed E-state index contributed by atoms with van der Waals surface area (Å²) in [4.78, 5) is 30.2. The van der Waals surface area contributed by atoms with E-state index < -0.39 is 17.6 Å². The molecule has 0 aliphatic rings. The first-order chi connectivity index (χ1) is 12.6. The van der Waals surface area contributed by atoms with Crippen LogP contribution < -0.4 is 0 Å². The Hall–Kier alpha value is -2.35. The van der Waals surface area contributed by atoms with Crippen molar-refractivity contribution in [3.63, 3.8) is 0 Å². The maximum atomic E-state index is 13.5. The van der Waals surface area contributed by atoms with Gasteiger partial charge in [-0.1, -0.05) is 26.8 Å². The van der Waals surface area contributed by atoms with Crippen LogP contribution in [-0.4, -0.2) is 35.4 Å². The van der Waals surface area contributed by atoms with Crippen molar-refractivity contribution < 1.29 is 23.1 Å². The quantitative estimate of drug-likeness (QED) is 0.695. The number of benzene rings is 1. The van der Waals surface area contributed by atoms with Crippen LogP contribution >= 0.6 is 11.3 Å². The van der Waals surface area contributed by atoms with Crippen LogP contribution in [0, 0.1) is 11.6 Å². The van der Waals surface area contributed by atoms with Gasteiger partial charge in [0.05, 0.1) is 18.5 Å². The second-order valence-electron chi connectivity index (χ2n) is 7.09. The van der Waals surface area contributed by atoms with Gasteiger partial charge in [0.25, 0.3) is 5.91 Å². The zero-order chi connectivity index (χ0) is 20.2. The van der Waals surface area contributed by atoms with Gasteiger partial charge in [-0.25, -0.2) is 13.8 Å². The molecule has 1 heterocycles. The molecule has 146 valence electrons. The number of hydrogen-bond acceptors (Lipinski definition) is 5. The molecule has 0 atom stereocenters. The number of halogens is 2. The molecule has 27 heavy (non-hydrogen) atoms. The fourth-order valence-electron chi connectivity index (χ4n) is 2.32. The van der Waals surface area contributed by atoms with E-state index in [1.165, 1.54) is 29.4 Å². The van der Waals surface area contributed by atoms with E-state index in [1.54, 1.807) is 5.38 Å². The van der Waals surface area contributed by atoms with Crippen molar-refractivity contribution in [2.75, 3.05) is 13.7 Å². The molecule has 8 heteroatoms. The number of thiazole rings is 1. The lowest BCUT2D eigenvalue weighted by Gasteiger charge is -2.22. The van der Waals surface area contributed by atoms with E-state index in [-0.39, 0.29) is 36.5 Å². The van der Waals surface area contributed by atoms with Gasteiger partial charge in [0.2, 0.25) is 0 Å². The van der Waals surface area contributed by atoms with Gasteiger partial charge in [-0.15, -0.1) is 11.3 Å². The van der Waals surface area contributed by atoms with Crippen LogP contribution in [0.4, 0.5) is 8.78 Å². The van der Waals surface area contributed by atoms with Gasteiger partial charge in [-0.05, 0) is 17.7 Å². The topological polar surface area (TPSA) is 59.5 Å². The van der Waals surface area contributed by atoms with Gasteiger partial charge in [-0.3, -0.25) is 9.59 Å². The number of ether oxygens (including phenoxy) is 1.